The number of para-hydroxylation sites is 1. The predicted molar refractivity (Wildman–Crippen MR) is 108 cm³/mol. The highest BCUT2D eigenvalue weighted by molar-refractivity contribution is 7.18. The average Bonchev–Trinajstić information content (AvgIpc) is 3.24. The van der Waals surface area contributed by atoms with E-state index in [0.717, 1.165) is 27.3 Å². The minimum atomic E-state index is -0.102. The molecule has 1 aromatic carbocycles. The van der Waals surface area contributed by atoms with Gasteiger partial charge in [-0.05, 0) is 39.0 Å². The van der Waals surface area contributed by atoms with Gasteiger partial charge in [0.15, 0.2) is 5.65 Å². The first-order valence-electron chi connectivity index (χ1n) is 9.00. The Balaban J connectivity index is 1.51. The van der Waals surface area contributed by atoms with E-state index in [1.54, 1.807) is 17.5 Å². The molecule has 6 nitrogen and oxygen atoms in total. The molecule has 0 aliphatic carbocycles. The molecule has 0 radical (unpaired) electrons. The molecule has 4 aromatic rings. The van der Waals surface area contributed by atoms with E-state index in [-0.39, 0.29) is 11.9 Å². The maximum Gasteiger partial charge on any atom is 0.252 e. The van der Waals surface area contributed by atoms with Crippen molar-refractivity contribution in [3.8, 4) is 0 Å². The highest BCUT2D eigenvalue weighted by atomic mass is 32.1. The molecule has 0 saturated carbocycles. The lowest BCUT2D eigenvalue weighted by Crippen LogP contribution is -2.26. The van der Waals surface area contributed by atoms with Crippen molar-refractivity contribution in [2.24, 2.45) is 0 Å². The number of amides is 1. The quantitative estimate of drug-likeness (QED) is 0.571. The van der Waals surface area contributed by atoms with Gasteiger partial charge < -0.3 is 5.32 Å². The lowest BCUT2D eigenvalue weighted by molar-refractivity contribution is 0.0955. The fourth-order valence-corrected chi connectivity index (χ4v) is 4.08. The van der Waals surface area contributed by atoms with E-state index in [4.69, 9.17) is 0 Å². The highest BCUT2D eigenvalue weighted by Crippen LogP contribution is 2.22. The van der Waals surface area contributed by atoms with Crippen LogP contribution in [-0.2, 0) is 6.42 Å². The van der Waals surface area contributed by atoms with Gasteiger partial charge >= 0.3 is 0 Å². The molecule has 0 atom stereocenters. The van der Waals surface area contributed by atoms with E-state index >= 15 is 0 Å². The standard InChI is InChI=1S/C20H21N5OS/c1-12(2)25-19-15(11-22-25)14(10-13(3)23-19)20(26)21-9-8-18-24-16-6-4-5-7-17(16)27-18/h4-7,10-12H,8-9H2,1-3H3,(H,21,26). The van der Waals surface area contributed by atoms with E-state index in [9.17, 15) is 4.79 Å². The number of nitrogens with zero attached hydrogens (tertiary/aromatic N) is 4. The number of benzene rings is 1. The molecule has 0 bridgehead atoms. The Bertz CT molecular complexity index is 1100. The van der Waals surface area contributed by atoms with Crippen molar-refractivity contribution in [2.45, 2.75) is 33.2 Å². The summed E-state index contributed by atoms with van der Waals surface area (Å²) in [6.45, 7) is 6.54. The summed E-state index contributed by atoms with van der Waals surface area (Å²) < 4.78 is 3.02. The molecule has 0 saturated heterocycles. The predicted octanol–water partition coefficient (Wildman–Crippen LogP) is 3.90. The third kappa shape index (κ3) is 3.42. The van der Waals surface area contributed by atoms with Gasteiger partial charge in [-0.3, -0.25) is 4.79 Å². The van der Waals surface area contributed by atoms with Crippen LogP contribution in [0.3, 0.4) is 0 Å². The second-order valence-electron chi connectivity index (χ2n) is 6.81. The van der Waals surface area contributed by atoms with Crippen LogP contribution in [0.2, 0.25) is 0 Å². The number of fused-ring (bicyclic) bond motifs is 2. The Labute approximate surface area is 161 Å². The highest BCUT2D eigenvalue weighted by Gasteiger charge is 2.16. The minimum absolute atomic E-state index is 0.102. The first kappa shape index (κ1) is 17.6. The van der Waals surface area contributed by atoms with E-state index in [1.807, 2.05) is 49.7 Å². The first-order chi connectivity index (χ1) is 13.0. The molecule has 0 unspecified atom stereocenters. The lowest BCUT2D eigenvalue weighted by Gasteiger charge is -2.09. The molecule has 1 N–H and O–H groups in total. The van der Waals surface area contributed by atoms with Crippen LogP contribution in [0.1, 0.15) is 40.9 Å². The van der Waals surface area contributed by atoms with Crippen LogP contribution >= 0.6 is 11.3 Å². The number of aryl methyl sites for hydroxylation is 1. The molecule has 1 amide bonds. The van der Waals surface area contributed by atoms with Gasteiger partial charge in [0, 0.05) is 24.7 Å². The van der Waals surface area contributed by atoms with E-state index in [0.29, 0.717) is 18.5 Å². The Hall–Kier alpha value is -2.80. The van der Waals surface area contributed by atoms with Crippen molar-refractivity contribution in [3.63, 3.8) is 0 Å². The topological polar surface area (TPSA) is 72.7 Å². The summed E-state index contributed by atoms with van der Waals surface area (Å²) in [6.07, 6.45) is 2.44. The summed E-state index contributed by atoms with van der Waals surface area (Å²) in [6, 6.07) is 10.1. The van der Waals surface area contributed by atoms with E-state index < -0.39 is 0 Å². The molecule has 3 aromatic heterocycles. The zero-order valence-corrected chi connectivity index (χ0v) is 16.4. The van der Waals surface area contributed by atoms with E-state index in [2.05, 4.69) is 26.4 Å². The first-order valence-corrected chi connectivity index (χ1v) is 9.82. The monoisotopic (exact) mass is 379 g/mol. The molecule has 7 heteroatoms. The molecular weight excluding hydrogens is 358 g/mol. The molecule has 0 spiro atoms. The van der Waals surface area contributed by atoms with Crippen LogP contribution in [-0.4, -0.2) is 32.2 Å². The van der Waals surface area contributed by atoms with Gasteiger partial charge in [-0.1, -0.05) is 12.1 Å². The Morgan fingerprint density at radius 3 is 2.85 bits per heavy atom. The molecular formula is C20H21N5OS. The van der Waals surface area contributed by atoms with Gasteiger partial charge in [0.25, 0.3) is 5.91 Å². The molecule has 27 heavy (non-hydrogen) atoms. The summed E-state index contributed by atoms with van der Waals surface area (Å²) in [5, 5.41) is 9.22. The van der Waals surface area contributed by atoms with Crippen molar-refractivity contribution in [1.29, 1.82) is 0 Å². The number of carbonyl (C=O) groups is 1. The van der Waals surface area contributed by atoms with Gasteiger partial charge in [-0.25, -0.2) is 14.6 Å². The van der Waals surface area contributed by atoms with Gasteiger partial charge in [0.05, 0.1) is 32.4 Å². The number of rotatable bonds is 5. The van der Waals surface area contributed by atoms with Crippen LogP contribution in [0.15, 0.2) is 36.5 Å². The van der Waals surface area contributed by atoms with Crippen molar-refractivity contribution in [2.75, 3.05) is 6.54 Å². The summed E-state index contributed by atoms with van der Waals surface area (Å²) in [5.41, 5.74) is 3.19. The fourth-order valence-electron chi connectivity index (χ4n) is 3.11. The van der Waals surface area contributed by atoms with Crippen molar-refractivity contribution in [3.05, 3.63) is 52.8 Å². The van der Waals surface area contributed by atoms with Gasteiger partial charge in [0.2, 0.25) is 0 Å². The molecule has 0 aliphatic rings. The van der Waals surface area contributed by atoms with Gasteiger partial charge in [-0.15, -0.1) is 11.3 Å². The minimum Gasteiger partial charge on any atom is -0.352 e. The number of hydrogen-bond acceptors (Lipinski definition) is 5. The van der Waals surface area contributed by atoms with Crippen LogP contribution in [0, 0.1) is 6.92 Å². The molecule has 4 rings (SSSR count). The largest absolute Gasteiger partial charge is 0.352 e. The summed E-state index contributed by atoms with van der Waals surface area (Å²) in [7, 11) is 0. The smallest absolute Gasteiger partial charge is 0.252 e. The number of hydrogen-bond donors (Lipinski definition) is 1. The maximum absolute atomic E-state index is 12.8. The molecule has 3 heterocycles. The Kier molecular flexibility index (Phi) is 4.61. The van der Waals surface area contributed by atoms with E-state index in [1.165, 1.54) is 4.70 Å². The number of thiazole rings is 1. The zero-order chi connectivity index (χ0) is 19.0. The number of aromatic nitrogens is 4. The van der Waals surface area contributed by atoms with Crippen molar-refractivity contribution >= 4 is 38.5 Å². The number of nitrogens with one attached hydrogen (secondary N) is 1. The average molecular weight is 379 g/mol. The van der Waals surface area contributed by atoms with Crippen LogP contribution in [0.25, 0.3) is 21.3 Å². The maximum atomic E-state index is 12.8. The van der Waals surface area contributed by atoms with Crippen molar-refractivity contribution < 1.29 is 4.79 Å². The Morgan fingerprint density at radius 1 is 1.26 bits per heavy atom. The third-order valence-corrected chi connectivity index (χ3v) is 5.49. The Morgan fingerprint density at radius 2 is 2.07 bits per heavy atom. The van der Waals surface area contributed by atoms with Gasteiger partial charge in [-0.2, -0.15) is 5.10 Å². The summed E-state index contributed by atoms with van der Waals surface area (Å²) >= 11 is 1.67. The second kappa shape index (κ2) is 7.08. The summed E-state index contributed by atoms with van der Waals surface area (Å²) in [4.78, 5) is 21.9. The number of carbonyl (C=O) groups excluding carboxylic acids is 1. The third-order valence-electron chi connectivity index (χ3n) is 4.39. The lowest BCUT2D eigenvalue weighted by atomic mass is 10.1. The molecule has 0 aliphatic heterocycles. The molecule has 138 valence electrons. The molecule has 0 fully saturated rings. The van der Waals surface area contributed by atoms with Crippen LogP contribution in [0.4, 0.5) is 0 Å². The fraction of sp³-hybridized carbons (Fsp3) is 0.300. The van der Waals surface area contributed by atoms with Crippen LogP contribution in [0.5, 0.6) is 0 Å². The zero-order valence-electron chi connectivity index (χ0n) is 15.6. The second-order valence-corrected chi connectivity index (χ2v) is 7.93. The number of pyridine rings is 1. The normalized spacial score (nSPS) is 11.6. The summed E-state index contributed by atoms with van der Waals surface area (Å²) in [5.74, 6) is -0.102. The van der Waals surface area contributed by atoms with Crippen molar-refractivity contribution in [1.82, 2.24) is 25.1 Å². The SMILES string of the molecule is Cc1cc(C(=O)NCCc2nc3ccccc3s2)c2cnn(C(C)C)c2n1. The van der Waals surface area contributed by atoms with Gasteiger partial charge in [0.1, 0.15) is 0 Å². The van der Waals surface area contributed by atoms with Crippen LogP contribution < -0.4 is 5.32 Å².